The average molecular weight is 507 g/mol. The monoisotopic (exact) mass is 507 g/mol. The first-order chi connectivity index (χ1) is 16.9. The van der Waals surface area contributed by atoms with Crippen LogP contribution in [0, 0.1) is 0 Å². The predicted molar refractivity (Wildman–Crippen MR) is 118 cm³/mol. The molecule has 2 aromatic carbocycles. The van der Waals surface area contributed by atoms with E-state index in [9.17, 15) is 35.9 Å². The molecule has 0 saturated heterocycles. The second kappa shape index (κ2) is 9.29. The molecule has 4 rings (SSSR count). The van der Waals surface area contributed by atoms with Crippen LogP contribution >= 0.6 is 0 Å². The highest BCUT2D eigenvalue weighted by molar-refractivity contribution is 6.10. The third-order valence-corrected chi connectivity index (χ3v) is 5.81. The molecule has 188 valence electrons. The molecule has 11 heteroatoms. The second-order valence-electron chi connectivity index (χ2n) is 8.32. The van der Waals surface area contributed by atoms with Crippen molar-refractivity contribution in [1.82, 2.24) is 14.8 Å². The van der Waals surface area contributed by atoms with E-state index in [1.807, 2.05) is 0 Å². The number of alkyl halides is 6. The minimum atomic E-state index is -5.01. The van der Waals surface area contributed by atoms with Gasteiger partial charge in [-0.1, -0.05) is 30.3 Å². The van der Waals surface area contributed by atoms with Crippen molar-refractivity contribution in [3.05, 3.63) is 88.7 Å². The summed E-state index contributed by atoms with van der Waals surface area (Å²) in [7, 11) is 1.48. The molecule has 0 spiro atoms. The third kappa shape index (κ3) is 5.05. The lowest BCUT2D eigenvalue weighted by atomic mass is 9.96. The van der Waals surface area contributed by atoms with E-state index in [1.54, 1.807) is 30.3 Å². The Kier molecular flexibility index (Phi) is 6.50. The standard InChI is InChI=1S/C25H19F6N3O2/c1-33-9-10-34(14-15-11-17(24(26,27)28)13-18(12-15)25(29,30)31)22(35)20-19(16-5-3-2-4-6-16)7-8-32-21(20)23(33)36/h2-8,11-13H,9-10,14H2,1H3. The number of halogens is 6. The van der Waals surface area contributed by atoms with Gasteiger partial charge in [-0.3, -0.25) is 14.6 Å². The summed E-state index contributed by atoms with van der Waals surface area (Å²) in [6.45, 7) is -0.635. The largest absolute Gasteiger partial charge is 0.416 e. The molecule has 2 heterocycles. The molecule has 0 N–H and O–H groups in total. The van der Waals surface area contributed by atoms with E-state index in [1.165, 1.54) is 24.2 Å². The fourth-order valence-electron chi connectivity index (χ4n) is 3.99. The first-order valence-corrected chi connectivity index (χ1v) is 10.7. The quantitative estimate of drug-likeness (QED) is 0.439. The number of pyridine rings is 1. The summed E-state index contributed by atoms with van der Waals surface area (Å²) in [6.07, 6.45) is -8.66. The van der Waals surface area contributed by atoms with Crippen molar-refractivity contribution in [1.29, 1.82) is 0 Å². The Bertz CT molecular complexity index is 1270. The zero-order chi connectivity index (χ0) is 26.3. The maximum atomic E-state index is 13.7. The van der Waals surface area contributed by atoms with E-state index in [0.29, 0.717) is 23.3 Å². The number of nitrogens with zero attached hydrogens (tertiary/aromatic N) is 3. The first-order valence-electron chi connectivity index (χ1n) is 10.7. The zero-order valence-corrected chi connectivity index (χ0v) is 18.8. The van der Waals surface area contributed by atoms with Crippen LogP contribution < -0.4 is 0 Å². The van der Waals surface area contributed by atoms with E-state index in [0.717, 1.165) is 4.90 Å². The maximum absolute atomic E-state index is 13.7. The Morgan fingerprint density at radius 2 is 1.44 bits per heavy atom. The fraction of sp³-hybridized carbons (Fsp3) is 0.240. The Morgan fingerprint density at radius 1 is 0.833 bits per heavy atom. The number of amides is 2. The minimum Gasteiger partial charge on any atom is -0.339 e. The van der Waals surface area contributed by atoms with Crippen molar-refractivity contribution < 1.29 is 35.9 Å². The van der Waals surface area contributed by atoms with Gasteiger partial charge in [0.2, 0.25) is 0 Å². The normalized spacial score (nSPS) is 15.0. The molecule has 0 fully saturated rings. The van der Waals surface area contributed by atoms with Gasteiger partial charge < -0.3 is 9.80 Å². The van der Waals surface area contributed by atoms with Crippen molar-refractivity contribution in [2.75, 3.05) is 20.1 Å². The van der Waals surface area contributed by atoms with E-state index >= 15 is 0 Å². The van der Waals surface area contributed by atoms with Crippen LogP contribution in [-0.2, 0) is 18.9 Å². The van der Waals surface area contributed by atoms with Crippen LogP contribution in [0.25, 0.3) is 11.1 Å². The van der Waals surface area contributed by atoms with Gasteiger partial charge in [-0.05, 0) is 41.0 Å². The van der Waals surface area contributed by atoms with E-state index in [-0.39, 0.29) is 36.0 Å². The van der Waals surface area contributed by atoms with E-state index < -0.39 is 41.8 Å². The Balaban J connectivity index is 1.82. The lowest BCUT2D eigenvalue weighted by Gasteiger charge is -2.31. The van der Waals surface area contributed by atoms with Crippen molar-refractivity contribution in [3.8, 4) is 11.1 Å². The molecule has 0 radical (unpaired) electrons. The number of fused-ring (bicyclic) bond motifs is 1. The molecule has 0 unspecified atom stereocenters. The Hall–Kier alpha value is -3.89. The molecule has 0 atom stereocenters. The smallest absolute Gasteiger partial charge is 0.339 e. The van der Waals surface area contributed by atoms with Gasteiger partial charge >= 0.3 is 12.4 Å². The fourth-order valence-corrected chi connectivity index (χ4v) is 3.99. The number of carbonyl (C=O) groups is 2. The SMILES string of the molecule is CN1CCN(Cc2cc(C(F)(F)F)cc(C(F)(F)F)c2)C(=O)c2c(-c3ccccc3)ccnc2C1=O. The Morgan fingerprint density at radius 3 is 2.03 bits per heavy atom. The molecule has 36 heavy (non-hydrogen) atoms. The van der Waals surface area contributed by atoms with Crippen LogP contribution in [0.4, 0.5) is 26.3 Å². The average Bonchev–Trinajstić information content (AvgIpc) is 2.83. The topological polar surface area (TPSA) is 53.5 Å². The van der Waals surface area contributed by atoms with Gasteiger partial charge in [-0.15, -0.1) is 0 Å². The van der Waals surface area contributed by atoms with Gasteiger partial charge in [-0.2, -0.15) is 26.3 Å². The molecule has 0 aliphatic carbocycles. The van der Waals surface area contributed by atoms with Crippen LogP contribution in [0.3, 0.4) is 0 Å². The summed E-state index contributed by atoms with van der Waals surface area (Å²) in [5.41, 5.74) is -2.51. The number of hydrogen-bond acceptors (Lipinski definition) is 3. The summed E-state index contributed by atoms with van der Waals surface area (Å²) >= 11 is 0. The van der Waals surface area contributed by atoms with Crippen molar-refractivity contribution in [2.45, 2.75) is 18.9 Å². The minimum absolute atomic E-state index is 0.00630. The van der Waals surface area contributed by atoms with E-state index in [2.05, 4.69) is 4.98 Å². The third-order valence-electron chi connectivity index (χ3n) is 5.81. The van der Waals surface area contributed by atoms with Crippen LogP contribution in [0.5, 0.6) is 0 Å². The number of rotatable bonds is 3. The molecule has 1 aromatic heterocycles. The van der Waals surface area contributed by atoms with Crippen LogP contribution in [-0.4, -0.2) is 46.7 Å². The van der Waals surface area contributed by atoms with E-state index in [4.69, 9.17) is 0 Å². The van der Waals surface area contributed by atoms with Crippen molar-refractivity contribution >= 4 is 11.8 Å². The number of carbonyl (C=O) groups excluding carboxylic acids is 2. The number of benzene rings is 2. The summed E-state index contributed by atoms with van der Waals surface area (Å²) in [5.74, 6) is -1.24. The molecule has 5 nitrogen and oxygen atoms in total. The zero-order valence-electron chi connectivity index (χ0n) is 18.8. The van der Waals surface area contributed by atoms with Crippen LogP contribution in [0.15, 0.2) is 60.8 Å². The van der Waals surface area contributed by atoms with Crippen molar-refractivity contribution in [2.24, 2.45) is 0 Å². The molecular formula is C25H19F6N3O2. The summed E-state index contributed by atoms with van der Waals surface area (Å²) in [5, 5.41) is 0. The molecule has 0 bridgehead atoms. The van der Waals surface area contributed by atoms with Crippen LogP contribution in [0.1, 0.15) is 37.5 Å². The summed E-state index contributed by atoms with van der Waals surface area (Å²) in [4.78, 5) is 33.1. The van der Waals surface area contributed by atoms with Gasteiger partial charge in [-0.25, -0.2) is 0 Å². The first kappa shape index (κ1) is 25.2. The van der Waals surface area contributed by atoms with Gasteiger partial charge in [0.1, 0.15) is 5.69 Å². The van der Waals surface area contributed by atoms with Gasteiger partial charge in [0.05, 0.1) is 16.7 Å². The molecule has 0 saturated carbocycles. The number of likely N-dealkylation sites (N-methyl/N-ethyl adjacent to an activating group) is 1. The number of hydrogen-bond donors (Lipinski definition) is 0. The molecule has 2 amide bonds. The summed E-state index contributed by atoms with van der Waals surface area (Å²) < 4.78 is 80.1. The molecular weight excluding hydrogens is 488 g/mol. The molecule has 1 aliphatic rings. The predicted octanol–water partition coefficient (Wildman–Crippen LogP) is 5.51. The van der Waals surface area contributed by atoms with Crippen LogP contribution in [0.2, 0.25) is 0 Å². The lowest BCUT2D eigenvalue weighted by Crippen LogP contribution is -2.43. The Labute approximate surface area is 202 Å². The van der Waals surface area contributed by atoms with Crippen molar-refractivity contribution in [3.63, 3.8) is 0 Å². The highest BCUT2D eigenvalue weighted by Gasteiger charge is 2.38. The highest BCUT2D eigenvalue weighted by atomic mass is 19.4. The maximum Gasteiger partial charge on any atom is 0.416 e. The molecule has 1 aliphatic heterocycles. The lowest BCUT2D eigenvalue weighted by molar-refractivity contribution is -0.143. The highest BCUT2D eigenvalue weighted by Crippen LogP contribution is 2.37. The summed E-state index contributed by atoms with van der Waals surface area (Å²) in [6, 6.07) is 11.4. The number of aromatic nitrogens is 1. The van der Waals surface area contributed by atoms with Gasteiger partial charge in [0.15, 0.2) is 0 Å². The van der Waals surface area contributed by atoms with Gasteiger partial charge in [0.25, 0.3) is 11.8 Å². The second-order valence-corrected chi connectivity index (χ2v) is 8.32. The molecule has 3 aromatic rings. The van der Waals surface area contributed by atoms with Gasteiger partial charge in [0, 0.05) is 32.9 Å².